The number of amides is 2. The normalized spacial score (nSPS) is 11.1. The third-order valence-electron chi connectivity index (χ3n) is 3.32. The molecule has 0 aromatic heterocycles. The number of halogens is 2. The average molecular weight is 453 g/mol. The van der Waals surface area contributed by atoms with Gasteiger partial charge in [0.25, 0.3) is 0 Å². The zero-order valence-corrected chi connectivity index (χ0v) is 15.7. The Morgan fingerprint density at radius 1 is 1.00 bits per heavy atom. The van der Waals surface area contributed by atoms with E-state index in [-0.39, 0.29) is 30.5 Å². The third kappa shape index (κ3) is 6.61. The van der Waals surface area contributed by atoms with E-state index in [9.17, 15) is 14.0 Å². The third-order valence-corrected chi connectivity index (χ3v) is 4.04. The fraction of sp³-hybridized carbons (Fsp3) is 0.167. The van der Waals surface area contributed by atoms with Crippen molar-refractivity contribution in [2.45, 2.75) is 19.8 Å². The van der Waals surface area contributed by atoms with E-state index in [0.717, 1.165) is 3.57 Å². The number of nitrogens with one attached hydrogen (secondary N) is 2. The van der Waals surface area contributed by atoms with Gasteiger partial charge in [-0.05, 0) is 71.5 Å². The molecular weight excluding hydrogens is 436 g/mol. The molecule has 0 aliphatic rings. The van der Waals surface area contributed by atoms with E-state index in [4.69, 9.17) is 0 Å². The molecule has 2 amide bonds. The average Bonchev–Trinajstić information content (AvgIpc) is 2.60. The topological polar surface area (TPSA) is 70.6 Å². The van der Waals surface area contributed by atoms with E-state index in [1.165, 1.54) is 12.1 Å². The van der Waals surface area contributed by atoms with Crippen LogP contribution in [0.1, 0.15) is 25.3 Å². The highest BCUT2D eigenvalue weighted by atomic mass is 127. The van der Waals surface area contributed by atoms with Gasteiger partial charge in [0.15, 0.2) is 0 Å². The van der Waals surface area contributed by atoms with Crippen molar-refractivity contribution < 1.29 is 14.0 Å². The Kier molecular flexibility index (Phi) is 7.05. The van der Waals surface area contributed by atoms with Crippen LogP contribution < -0.4 is 10.7 Å². The molecule has 0 aliphatic carbocycles. The molecule has 2 rings (SSSR count). The summed E-state index contributed by atoms with van der Waals surface area (Å²) in [5, 5.41) is 6.68. The minimum atomic E-state index is -0.362. The van der Waals surface area contributed by atoms with Crippen LogP contribution in [0.2, 0.25) is 0 Å². The molecule has 0 saturated carbocycles. The second-order valence-electron chi connectivity index (χ2n) is 5.29. The summed E-state index contributed by atoms with van der Waals surface area (Å²) in [4.78, 5) is 23.6. The van der Waals surface area contributed by atoms with Crippen molar-refractivity contribution in [1.82, 2.24) is 5.43 Å². The number of benzene rings is 2. The van der Waals surface area contributed by atoms with Gasteiger partial charge in [-0.25, -0.2) is 9.82 Å². The fourth-order valence-corrected chi connectivity index (χ4v) is 2.30. The molecule has 0 saturated heterocycles. The Balaban J connectivity index is 1.77. The summed E-state index contributed by atoms with van der Waals surface area (Å²) < 4.78 is 13.9. The first kappa shape index (κ1) is 19.0. The van der Waals surface area contributed by atoms with Crippen LogP contribution in [0.25, 0.3) is 0 Å². The largest absolute Gasteiger partial charge is 0.326 e. The summed E-state index contributed by atoms with van der Waals surface area (Å²) in [6.07, 6.45) is 0.0827. The van der Waals surface area contributed by atoms with Crippen LogP contribution in [-0.2, 0) is 9.59 Å². The van der Waals surface area contributed by atoms with Crippen LogP contribution in [-0.4, -0.2) is 17.5 Å². The van der Waals surface area contributed by atoms with E-state index < -0.39 is 0 Å². The number of hydrazone groups is 1. The Labute approximate surface area is 158 Å². The van der Waals surface area contributed by atoms with E-state index in [1.54, 1.807) is 31.2 Å². The summed E-state index contributed by atoms with van der Waals surface area (Å²) in [5.74, 6) is -0.936. The molecule has 0 radical (unpaired) electrons. The zero-order chi connectivity index (χ0) is 18.2. The van der Waals surface area contributed by atoms with Gasteiger partial charge in [0.1, 0.15) is 5.82 Å². The Morgan fingerprint density at radius 2 is 1.60 bits per heavy atom. The predicted octanol–water partition coefficient (Wildman–Crippen LogP) is 3.69. The monoisotopic (exact) mass is 453 g/mol. The molecule has 130 valence electrons. The molecule has 0 aliphatic heterocycles. The van der Waals surface area contributed by atoms with Crippen molar-refractivity contribution in [2.24, 2.45) is 5.10 Å². The van der Waals surface area contributed by atoms with Crippen molar-refractivity contribution in [3.05, 3.63) is 63.5 Å². The van der Waals surface area contributed by atoms with Crippen molar-refractivity contribution in [2.75, 3.05) is 5.32 Å². The zero-order valence-electron chi connectivity index (χ0n) is 13.6. The summed E-state index contributed by atoms with van der Waals surface area (Å²) in [6.45, 7) is 1.71. The van der Waals surface area contributed by atoms with Gasteiger partial charge in [-0.15, -0.1) is 0 Å². The van der Waals surface area contributed by atoms with Gasteiger partial charge in [-0.1, -0.05) is 12.1 Å². The minimum absolute atomic E-state index is 0.0242. The molecule has 0 bridgehead atoms. The van der Waals surface area contributed by atoms with Gasteiger partial charge in [0.2, 0.25) is 11.8 Å². The van der Waals surface area contributed by atoms with Gasteiger partial charge >= 0.3 is 0 Å². The molecular formula is C18H17FIN3O2. The number of rotatable bonds is 6. The molecule has 0 fully saturated rings. The van der Waals surface area contributed by atoms with Crippen LogP contribution in [0.15, 0.2) is 53.6 Å². The lowest BCUT2D eigenvalue weighted by atomic mass is 10.1. The predicted molar refractivity (Wildman–Crippen MR) is 104 cm³/mol. The van der Waals surface area contributed by atoms with Crippen molar-refractivity contribution in [1.29, 1.82) is 0 Å². The highest BCUT2D eigenvalue weighted by molar-refractivity contribution is 14.1. The van der Waals surface area contributed by atoms with E-state index in [1.807, 2.05) is 12.1 Å². The number of nitrogens with zero attached hydrogens (tertiary/aromatic N) is 1. The quantitative estimate of drug-likeness (QED) is 0.398. The molecule has 2 aromatic carbocycles. The van der Waals surface area contributed by atoms with Gasteiger partial charge in [-0.2, -0.15) is 5.10 Å². The molecule has 7 heteroatoms. The van der Waals surface area contributed by atoms with Crippen LogP contribution in [0.3, 0.4) is 0 Å². The van der Waals surface area contributed by atoms with E-state index in [0.29, 0.717) is 17.0 Å². The molecule has 0 atom stereocenters. The number of carbonyl (C=O) groups is 2. The summed E-state index contributed by atoms with van der Waals surface area (Å²) >= 11 is 2.18. The van der Waals surface area contributed by atoms with Gasteiger partial charge < -0.3 is 5.32 Å². The number of anilines is 1. The highest BCUT2D eigenvalue weighted by Crippen LogP contribution is 2.11. The van der Waals surface area contributed by atoms with Crippen LogP contribution in [0.5, 0.6) is 0 Å². The fourth-order valence-electron chi connectivity index (χ4n) is 1.94. The smallest absolute Gasteiger partial charge is 0.240 e. The lowest BCUT2D eigenvalue weighted by molar-refractivity contribution is -0.124. The van der Waals surface area contributed by atoms with Gasteiger partial charge in [-0.3, -0.25) is 9.59 Å². The number of hydrogen-bond acceptors (Lipinski definition) is 3. The maximum Gasteiger partial charge on any atom is 0.240 e. The molecule has 0 spiro atoms. The van der Waals surface area contributed by atoms with Crippen LogP contribution >= 0.6 is 22.6 Å². The molecule has 0 unspecified atom stereocenters. The summed E-state index contributed by atoms with van der Waals surface area (Å²) in [7, 11) is 0. The van der Waals surface area contributed by atoms with E-state index in [2.05, 4.69) is 38.4 Å². The molecule has 2 aromatic rings. The summed E-state index contributed by atoms with van der Waals surface area (Å²) in [6, 6.07) is 13.2. The first-order chi connectivity index (χ1) is 11.9. The van der Waals surface area contributed by atoms with Gasteiger partial charge in [0, 0.05) is 22.1 Å². The molecule has 0 heterocycles. The lowest BCUT2D eigenvalue weighted by Crippen LogP contribution is -2.21. The number of carbonyl (C=O) groups excluding carboxylic acids is 2. The van der Waals surface area contributed by atoms with Gasteiger partial charge in [0.05, 0.1) is 5.71 Å². The molecule has 2 N–H and O–H groups in total. The van der Waals surface area contributed by atoms with E-state index >= 15 is 0 Å². The first-order valence-electron chi connectivity index (χ1n) is 7.58. The Hall–Kier alpha value is -2.29. The minimum Gasteiger partial charge on any atom is -0.326 e. The Morgan fingerprint density at radius 3 is 2.24 bits per heavy atom. The second-order valence-corrected chi connectivity index (χ2v) is 6.54. The maximum absolute atomic E-state index is 12.9. The maximum atomic E-state index is 12.9. The first-order valence-corrected chi connectivity index (χ1v) is 8.66. The summed E-state index contributed by atoms with van der Waals surface area (Å²) in [5.41, 5.74) is 4.35. The number of hydrogen-bond donors (Lipinski definition) is 2. The van der Waals surface area contributed by atoms with Crippen molar-refractivity contribution in [3.63, 3.8) is 0 Å². The highest BCUT2D eigenvalue weighted by Gasteiger charge is 2.07. The van der Waals surface area contributed by atoms with Crippen LogP contribution in [0, 0.1) is 9.39 Å². The standard InChI is InChI=1S/C18H17FIN3O2/c1-12(13-2-4-14(19)5-3-13)22-23-18(25)11-10-17(24)21-16-8-6-15(20)7-9-16/h2-9H,10-11H2,1H3,(H,21,24)(H,23,25)/b22-12+. The second kappa shape index (κ2) is 9.26. The molecule has 25 heavy (non-hydrogen) atoms. The van der Waals surface area contributed by atoms with Crippen molar-refractivity contribution in [3.8, 4) is 0 Å². The van der Waals surface area contributed by atoms with Crippen molar-refractivity contribution >= 4 is 45.8 Å². The Bertz CT molecular complexity index is 774. The SMILES string of the molecule is C/C(=N\NC(=O)CCC(=O)Nc1ccc(I)cc1)c1ccc(F)cc1. The van der Waals surface area contributed by atoms with Crippen LogP contribution in [0.4, 0.5) is 10.1 Å². The lowest BCUT2D eigenvalue weighted by Gasteiger charge is -2.05. The molecule has 5 nitrogen and oxygen atoms in total.